The molecule has 1 aromatic rings. The largest absolute Gasteiger partial charge is 0.487 e. The third-order valence-electron chi connectivity index (χ3n) is 3.73. The fourth-order valence-electron chi connectivity index (χ4n) is 2.87. The van der Waals surface area contributed by atoms with Crippen LogP contribution in [0.15, 0.2) is 18.2 Å². The Morgan fingerprint density at radius 2 is 2.21 bits per heavy atom. The summed E-state index contributed by atoms with van der Waals surface area (Å²) in [7, 11) is 1.72. The minimum Gasteiger partial charge on any atom is -0.487 e. The number of fused-ring (bicyclic) bond motifs is 1. The van der Waals surface area contributed by atoms with Gasteiger partial charge in [-0.2, -0.15) is 0 Å². The summed E-state index contributed by atoms with van der Waals surface area (Å²) in [6.45, 7) is 6.21. The van der Waals surface area contributed by atoms with Gasteiger partial charge in [-0.1, -0.05) is 11.6 Å². The van der Waals surface area contributed by atoms with Crippen molar-refractivity contribution >= 4 is 11.6 Å². The van der Waals surface area contributed by atoms with Gasteiger partial charge in [0.2, 0.25) is 0 Å². The van der Waals surface area contributed by atoms with Crippen molar-refractivity contribution in [2.45, 2.75) is 50.9 Å². The Bertz CT molecular complexity index is 475. The van der Waals surface area contributed by atoms with Crippen LogP contribution >= 0.6 is 11.6 Å². The molecule has 106 valence electrons. The van der Waals surface area contributed by atoms with Crippen molar-refractivity contribution < 1.29 is 9.47 Å². The van der Waals surface area contributed by atoms with Crippen LogP contribution in [0, 0.1) is 0 Å². The topological polar surface area (TPSA) is 44.5 Å². The maximum Gasteiger partial charge on any atom is 0.125 e. The lowest BCUT2D eigenvalue weighted by molar-refractivity contribution is -0.0580. The van der Waals surface area contributed by atoms with Gasteiger partial charge in [-0.25, -0.2) is 0 Å². The third kappa shape index (κ3) is 3.22. The molecule has 0 saturated carbocycles. The van der Waals surface area contributed by atoms with Gasteiger partial charge < -0.3 is 15.2 Å². The predicted molar refractivity (Wildman–Crippen MR) is 77.7 cm³/mol. The highest BCUT2D eigenvalue weighted by Crippen LogP contribution is 2.42. The first-order chi connectivity index (χ1) is 8.75. The SMILES string of the molecule is COC(C)(C)CC1(C)CC(N)c2cc(Cl)ccc2O1. The first kappa shape index (κ1) is 14.6. The normalized spacial score (nSPS) is 26.7. The van der Waals surface area contributed by atoms with Crippen LogP contribution in [-0.4, -0.2) is 18.3 Å². The van der Waals surface area contributed by atoms with Crippen molar-refractivity contribution in [3.05, 3.63) is 28.8 Å². The van der Waals surface area contributed by atoms with Crippen LogP contribution in [0.5, 0.6) is 5.75 Å². The van der Waals surface area contributed by atoms with Crippen molar-refractivity contribution in [1.29, 1.82) is 0 Å². The van der Waals surface area contributed by atoms with E-state index < -0.39 is 0 Å². The van der Waals surface area contributed by atoms with Gasteiger partial charge in [-0.3, -0.25) is 0 Å². The molecular formula is C15H22ClNO2. The molecule has 0 fully saturated rings. The average molecular weight is 284 g/mol. The van der Waals surface area contributed by atoms with Gasteiger partial charge in [0.25, 0.3) is 0 Å². The summed E-state index contributed by atoms with van der Waals surface area (Å²) in [6, 6.07) is 5.57. The van der Waals surface area contributed by atoms with Gasteiger partial charge >= 0.3 is 0 Å². The molecule has 2 unspecified atom stereocenters. The van der Waals surface area contributed by atoms with E-state index in [2.05, 4.69) is 20.8 Å². The van der Waals surface area contributed by atoms with Crippen LogP contribution in [0.2, 0.25) is 5.02 Å². The summed E-state index contributed by atoms with van der Waals surface area (Å²) in [5.74, 6) is 0.831. The Labute approximate surface area is 120 Å². The van der Waals surface area contributed by atoms with Crippen LogP contribution in [0.1, 0.15) is 45.2 Å². The number of nitrogens with two attached hydrogens (primary N) is 1. The molecule has 19 heavy (non-hydrogen) atoms. The Hall–Kier alpha value is -0.770. The molecule has 2 atom stereocenters. The monoisotopic (exact) mass is 283 g/mol. The molecule has 2 N–H and O–H groups in total. The summed E-state index contributed by atoms with van der Waals surface area (Å²) < 4.78 is 11.7. The number of methoxy groups -OCH3 is 1. The van der Waals surface area contributed by atoms with Crippen molar-refractivity contribution in [3.63, 3.8) is 0 Å². The fraction of sp³-hybridized carbons (Fsp3) is 0.600. The minimum atomic E-state index is -0.320. The van der Waals surface area contributed by atoms with Gasteiger partial charge in [0.1, 0.15) is 11.4 Å². The van der Waals surface area contributed by atoms with Crippen LogP contribution in [0.3, 0.4) is 0 Å². The maximum absolute atomic E-state index is 6.27. The molecule has 1 aliphatic rings. The molecule has 4 heteroatoms. The highest BCUT2D eigenvalue weighted by molar-refractivity contribution is 6.30. The first-order valence-corrected chi connectivity index (χ1v) is 6.92. The Balaban J connectivity index is 2.27. The second-order valence-corrected chi connectivity index (χ2v) is 6.62. The standard InChI is InChI=1S/C15H22ClNO2/c1-14(2,18-4)9-15(3)8-12(17)11-7-10(16)5-6-13(11)19-15/h5-7,12H,8-9,17H2,1-4H3. The first-order valence-electron chi connectivity index (χ1n) is 6.54. The lowest BCUT2D eigenvalue weighted by Crippen LogP contribution is -2.45. The molecule has 0 amide bonds. The molecule has 0 saturated heterocycles. The molecule has 0 aromatic heterocycles. The molecule has 0 bridgehead atoms. The van der Waals surface area contributed by atoms with Crippen molar-refractivity contribution in [2.75, 3.05) is 7.11 Å². The smallest absolute Gasteiger partial charge is 0.125 e. The van der Waals surface area contributed by atoms with Crippen molar-refractivity contribution in [3.8, 4) is 5.75 Å². The second kappa shape index (κ2) is 4.97. The number of ether oxygens (including phenoxy) is 2. The quantitative estimate of drug-likeness (QED) is 0.920. The van der Waals surface area contributed by atoms with Gasteiger partial charge in [0.15, 0.2) is 0 Å². The zero-order chi connectivity index (χ0) is 14.3. The molecule has 0 aliphatic carbocycles. The number of hydrogen-bond acceptors (Lipinski definition) is 3. The number of rotatable bonds is 3. The van der Waals surface area contributed by atoms with E-state index in [4.69, 9.17) is 26.8 Å². The highest BCUT2D eigenvalue weighted by Gasteiger charge is 2.40. The molecule has 1 aliphatic heterocycles. The molecule has 0 radical (unpaired) electrons. The molecule has 3 nitrogen and oxygen atoms in total. The third-order valence-corrected chi connectivity index (χ3v) is 3.97. The summed E-state index contributed by atoms with van der Waals surface area (Å²) in [5.41, 5.74) is 6.70. The van der Waals surface area contributed by atoms with E-state index in [1.807, 2.05) is 18.2 Å². The van der Waals surface area contributed by atoms with Gasteiger partial charge in [0, 0.05) is 36.6 Å². The van der Waals surface area contributed by atoms with Crippen LogP contribution in [-0.2, 0) is 4.74 Å². The van der Waals surface area contributed by atoms with E-state index in [-0.39, 0.29) is 17.2 Å². The second-order valence-electron chi connectivity index (χ2n) is 6.19. The number of halogens is 1. The lowest BCUT2D eigenvalue weighted by Gasteiger charge is -2.42. The number of benzene rings is 1. The van der Waals surface area contributed by atoms with E-state index in [0.717, 1.165) is 24.2 Å². The van der Waals surface area contributed by atoms with E-state index in [9.17, 15) is 0 Å². The average Bonchev–Trinajstić information content (AvgIpc) is 2.29. The Morgan fingerprint density at radius 1 is 1.53 bits per heavy atom. The van der Waals surface area contributed by atoms with Crippen LogP contribution < -0.4 is 10.5 Å². The van der Waals surface area contributed by atoms with E-state index in [1.54, 1.807) is 7.11 Å². The van der Waals surface area contributed by atoms with Crippen LogP contribution in [0.4, 0.5) is 0 Å². The maximum atomic E-state index is 6.27. The zero-order valence-electron chi connectivity index (χ0n) is 12.0. The zero-order valence-corrected chi connectivity index (χ0v) is 12.8. The van der Waals surface area contributed by atoms with Gasteiger partial charge in [-0.05, 0) is 39.0 Å². The Kier molecular flexibility index (Phi) is 3.83. The van der Waals surface area contributed by atoms with Crippen molar-refractivity contribution in [1.82, 2.24) is 0 Å². The molecule has 1 heterocycles. The lowest BCUT2D eigenvalue weighted by atomic mass is 9.82. The van der Waals surface area contributed by atoms with E-state index in [0.29, 0.717) is 5.02 Å². The summed E-state index contributed by atoms with van der Waals surface area (Å²) in [4.78, 5) is 0. The van der Waals surface area contributed by atoms with E-state index >= 15 is 0 Å². The minimum absolute atomic E-state index is 0.0555. The summed E-state index contributed by atoms with van der Waals surface area (Å²) >= 11 is 6.01. The van der Waals surface area contributed by atoms with E-state index in [1.165, 1.54) is 0 Å². The highest BCUT2D eigenvalue weighted by atomic mass is 35.5. The summed E-state index contributed by atoms with van der Waals surface area (Å²) in [6.07, 6.45) is 1.54. The Morgan fingerprint density at radius 3 is 2.84 bits per heavy atom. The fourth-order valence-corrected chi connectivity index (χ4v) is 3.05. The van der Waals surface area contributed by atoms with Gasteiger partial charge in [0.05, 0.1) is 5.60 Å². The van der Waals surface area contributed by atoms with Crippen LogP contribution in [0.25, 0.3) is 0 Å². The summed E-state index contributed by atoms with van der Waals surface area (Å²) in [5, 5.41) is 0.693. The molecule has 1 aromatic carbocycles. The van der Waals surface area contributed by atoms with Gasteiger partial charge in [-0.15, -0.1) is 0 Å². The molecule has 2 rings (SSSR count). The number of hydrogen-bond donors (Lipinski definition) is 1. The molecular weight excluding hydrogens is 262 g/mol. The van der Waals surface area contributed by atoms with Crippen molar-refractivity contribution in [2.24, 2.45) is 5.73 Å². The molecule has 0 spiro atoms. The predicted octanol–water partition coefficient (Wildman–Crippen LogP) is 3.70.